The predicted molar refractivity (Wildman–Crippen MR) is 208 cm³/mol. The summed E-state index contributed by atoms with van der Waals surface area (Å²) in [5, 5.41) is -0.0368. The molecule has 0 spiro atoms. The Morgan fingerprint density at radius 1 is 0.469 bits per heavy atom. The minimum Gasteiger partial charge on any atom is -0.487 e. The molecule has 0 amide bonds. The molecule has 0 heterocycles. The molecule has 0 N–H and O–H groups in total. The molecule has 264 valence electrons. The largest absolute Gasteiger partial charge is 0.487 e. The van der Waals surface area contributed by atoms with Crippen LogP contribution in [0.5, 0.6) is 23.0 Å². The highest BCUT2D eigenvalue weighted by Crippen LogP contribution is 2.49. The molecule has 7 heteroatoms. The van der Waals surface area contributed by atoms with E-state index in [4.69, 9.17) is 23.1 Å². The second-order valence-electron chi connectivity index (χ2n) is 15.8. The molecule has 5 nitrogen and oxygen atoms in total. The van der Waals surface area contributed by atoms with Crippen LogP contribution in [-0.2, 0) is 17.3 Å². The van der Waals surface area contributed by atoms with Crippen LogP contribution in [0.25, 0.3) is 0 Å². The first kappa shape index (κ1) is 38.3. The maximum absolute atomic E-state index is 7.70. The predicted octanol–water partition coefficient (Wildman–Crippen LogP) is 11.8. The second kappa shape index (κ2) is 16.5. The Morgan fingerprint density at radius 2 is 0.776 bits per heavy atom. The van der Waals surface area contributed by atoms with Gasteiger partial charge in [-0.1, -0.05) is 126 Å². The molecular weight excluding hydrogens is 641 g/mol. The fourth-order valence-electron chi connectivity index (χ4n) is 5.92. The highest BCUT2D eigenvalue weighted by molar-refractivity contribution is 6.88. The summed E-state index contributed by atoms with van der Waals surface area (Å²) < 4.78 is 33.5. The molecular formula is C42H58O5Si2. The first-order valence-electron chi connectivity index (χ1n) is 17.6. The first-order chi connectivity index (χ1) is 23.1. The molecule has 0 radical (unpaired) electrons. The van der Waals surface area contributed by atoms with E-state index in [9.17, 15) is 0 Å². The van der Waals surface area contributed by atoms with Crippen LogP contribution >= 0.6 is 0 Å². The van der Waals surface area contributed by atoms with Gasteiger partial charge in [-0.3, -0.25) is 0 Å². The molecule has 0 aliphatic heterocycles. The third kappa shape index (κ3) is 10.7. The number of rotatable bonds is 16. The van der Waals surface area contributed by atoms with Gasteiger partial charge in [0.1, 0.15) is 13.2 Å². The van der Waals surface area contributed by atoms with Crippen LogP contribution in [0.15, 0.2) is 109 Å². The maximum atomic E-state index is 7.70. The minimum atomic E-state index is -2.41. The summed E-state index contributed by atoms with van der Waals surface area (Å²) in [6, 6.07) is 38.1. The SMILES string of the molecule is CC(C[Si](C)(O[Si](C)(CC(C)Oc1ccccc1OCc1ccccc1)C(C)(C)C)C(C)(C)C)Oc1ccccc1OCc1ccccc1. The van der Waals surface area contributed by atoms with Crippen LogP contribution in [0.1, 0.15) is 66.5 Å². The number of benzene rings is 4. The van der Waals surface area contributed by atoms with Crippen molar-refractivity contribution in [2.24, 2.45) is 0 Å². The van der Waals surface area contributed by atoms with E-state index in [1.54, 1.807) is 0 Å². The van der Waals surface area contributed by atoms with Crippen LogP contribution in [0.3, 0.4) is 0 Å². The molecule has 4 aromatic carbocycles. The molecule has 0 bridgehead atoms. The highest BCUT2D eigenvalue weighted by atomic mass is 28.4. The fraction of sp³-hybridized carbons (Fsp3) is 0.429. The van der Waals surface area contributed by atoms with E-state index in [0.29, 0.717) is 13.2 Å². The van der Waals surface area contributed by atoms with Gasteiger partial charge in [0.2, 0.25) is 0 Å². The molecule has 0 aliphatic carbocycles. The average Bonchev–Trinajstić information content (AvgIpc) is 3.03. The van der Waals surface area contributed by atoms with Crippen molar-refractivity contribution in [3.8, 4) is 23.0 Å². The summed E-state index contributed by atoms with van der Waals surface area (Å²) in [5.74, 6) is 3.04. The van der Waals surface area contributed by atoms with Gasteiger partial charge in [-0.25, -0.2) is 0 Å². The second-order valence-corrected chi connectivity index (χ2v) is 25.3. The summed E-state index contributed by atoms with van der Waals surface area (Å²) in [4.78, 5) is 0. The lowest BCUT2D eigenvalue weighted by atomic mass is 10.2. The average molecular weight is 699 g/mol. The molecule has 0 aromatic heterocycles. The fourth-order valence-corrected chi connectivity index (χ4v) is 16.6. The van der Waals surface area contributed by atoms with Gasteiger partial charge in [0.05, 0.1) is 12.2 Å². The molecule has 0 aliphatic rings. The van der Waals surface area contributed by atoms with Crippen molar-refractivity contribution in [2.75, 3.05) is 0 Å². The van der Waals surface area contributed by atoms with E-state index in [1.165, 1.54) is 0 Å². The Morgan fingerprint density at radius 3 is 1.10 bits per heavy atom. The van der Waals surface area contributed by atoms with E-state index in [2.05, 4.69) is 92.7 Å². The number of para-hydroxylation sites is 4. The van der Waals surface area contributed by atoms with E-state index in [1.807, 2.05) is 84.9 Å². The van der Waals surface area contributed by atoms with Crippen molar-refractivity contribution in [2.45, 2.75) is 116 Å². The minimum absolute atomic E-state index is 0.0184. The lowest BCUT2D eigenvalue weighted by Crippen LogP contribution is -2.59. The summed E-state index contributed by atoms with van der Waals surface area (Å²) in [7, 11) is -4.81. The summed E-state index contributed by atoms with van der Waals surface area (Å²) in [6.07, 6.45) is -0.115. The van der Waals surface area contributed by atoms with Gasteiger partial charge in [0.25, 0.3) is 0 Å². The third-order valence-electron chi connectivity index (χ3n) is 9.81. The van der Waals surface area contributed by atoms with Crippen LogP contribution in [-0.4, -0.2) is 28.8 Å². The number of ether oxygens (including phenoxy) is 4. The van der Waals surface area contributed by atoms with Crippen molar-refractivity contribution < 1.29 is 23.1 Å². The van der Waals surface area contributed by atoms with E-state index in [0.717, 1.165) is 46.2 Å². The van der Waals surface area contributed by atoms with Crippen molar-refractivity contribution in [1.82, 2.24) is 0 Å². The Balaban J connectivity index is 1.48. The van der Waals surface area contributed by atoms with Gasteiger partial charge in [0, 0.05) is 12.1 Å². The number of hydrogen-bond donors (Lipinski definition) is 0. The monoisotopic (exact) mass is 698 g/mol. The van der Waals surface area contributed by atoms with Crippen LogP contribution in [0, 0.1) is 0 Å². The van der Waals surface area contributed by atoms with Crippen LogP contribution < -0.4 is 18.9 Å². The maximum Gasteiger partial charge on any atom is 0.185 e. The van der Waals surface area contributed by atoms with E-state index in [-0.39, 0.29) is 22.3 Å². The van der Waals surface area contributed by atoms with Gasteiger partial charge in [0.15, 0.2) is 39.6 Å². The molecule has 49 heavy (non-hydrogen) atoms. The van der Waals surface area contributed by atoms with Gasteiger partial charge >= 0.3 is 0 Å². The molecule has 4 aromatic rings. The van der Waals surface area contributed by atoms with Crippen molar-refractivity contribution >= 4 is 16.6 Å². The van der Waals surface area contributed by atoms with Crippen LogP contribution in [0.4, 0.5) is 0 Å². The molecule has 0 fully saturated rings. The normalized spacial score (nSPS) is 15.7. The lowest BCUT2D eigenvalue weighted by molar-refractivity contribution is 0.206. The van der Waals surface area contributed by atoms with Crippen molar-refractivity contribution in [3.05, 3.63) is 120 Å². The van der Waals surface area contributed by atoms with Gasteiger partial charge < -0.3 is 23.1 Å². The molecule has 0 saturated carbocycles. The summed E-state index contributed by atoms with van der Waals surface area (Å²) in [6.45, 7) is 24.1. The van der Waals surface area contributed by atoms with Crippen LogP contribution in [0.2, 0.25) is 35.3 Å². The van der Waals surface area contributed by atoms with E-state index < -0.39 is 16.6 Å². The zero-order valence-corrected chi connectivity index (χ0v) is 33.4. The molecule has 4 rings (SSSR count). The third-order valence-corrected chi connectivity index (χ3v) is 22.5. The Bertz CT molecular complexity index is 1470. The van der Waals surface area contributed by atoms with Gasteiger partial charge in [-0.2, -0.15) is 0 Å². The number of hydrogen-bond acceptors (Lipinski definition) is 5. The summed E-state index contributed by atoms with van der Waals surface area (Å²) in [5.41, 5.74) is 2.25. The zero-order valence-electron chi connectivity index (χ0n) is 31.4. The smallest absolute Gasteiger partial charge is 0.185 e. The van der Waals surface area contributed by atoms with Gasteiger partial charge in [-0.15, -0.1) is 0 Å². The van der Waals surface area contributed by atoms with Gasteiger partial charge in [-0.05, 0) is 72.4 Å². The Labute approximate surface area is 298 Å². The molecule has 4 unspecified atom stereocenters. The van der Waals surface area contributed by atoms with Crippen molar-refractivity contribution in [3.63, 3.8) is 0 Å². The Hall–Kier alpha value is -3.53. The topological polar surface area (TPSA) is 46.2 Å². The standard InChI is InChI=1S/C42H58O5Si2/c1-33(45-39-27-19-17-25-37(39)43-29-35-21-13-11-14-22-35)31-48(9,41(3,4)5)47-49(10,42(6,7)8)32-34(2)46-40-28-20-18-26-38(40)44-30-36-23-15-12-16-24-36/h11-28,33-34H,29-32H2,1-10H3. The van der Waals surface area contributed by atoms with Crippen molar-refractivity contribution in [1.29, 1.82) is 0 Å². The highest BCUT2D eigenvalue weighted by Gasteiger charge is 2.53. The lowest BCUT2D eigenvalue weighted by Gasteiger charge is -2.51. The zero-order chi connectivity index (χ0) is 35.7. The quantitative estimate of drug-likeness (QED) is 0.109. The van der Waals surface area contributed by atoms with E-state index >= 15 is 0 Å². The molecule has 0 saturated heterocycles. The first-order valence-corrected chi connectivity index (χ1v) is 22.9. The molecule has 4 atom stereocenters. The Kier molecular flexibility index (Phi) is 12.9. The summed E-state index contributed by atoms with van der Waals surface area (Å²) >= 11 is 0.